The smallest absolute Gasteiger partial charge is 0.408 e. The Labute approximate surface area is 114 Å². The van der Waals surface area contributed by atoms with Crippen LogP contribution in [0, 0.1) is 0 Å². The van der Waals surface area contributed by atoms with Crippen LogP contribution >= 0.6 is 11.3 Å². The monoisotopic (exact) mass is 285 g/mol. The van der Waals surface area contributed by atoms with Crippen molar-refractivity contribution in [2.45, 2.75) is 32.4 Å². The van der Waals surface area contributed by atoms with E-state index in [9.17, 15) is 14.4 Å². The molecule has 0 fully saturated rings. The van der Waals surface area contributed by atoms with Crippen molar-refractivity contribution in [3.63, 3.8) is 0 Å². The molecule has 1 atom stereocenters. The zero-order valence-electron chi connectivity index (χ0n) is 10.8. The van der Waals surface area contributed by atoms with Crippen molar-refractivity contribution in [3.8, 4) is 0 Å². The number of carbonyl (C=O) groups excluding carboxylic acids is 3. The molecule has 2 amide bonds. The first-order valence-corrected chi connectivity index (χ1v) is 6.34. The lowest BCUT2D eigenvalue weighted by molar-refractivity contribution is -0.109. The number of hydrogen-bond donors (Lipinski definition) is 2. The highest BCUT2D eigenvalue weighted by atomic mass is 32.1. The maximum absolute atomic E-state index is 11.5. The molecule has 0 aliphatic heterocycles. The van der Waals surface area contributed by atoms with Gasteiger partial charge < -0.3 is 20.2 Å². The normalized spacial score (nSPS) is 12.4. The summed E-state index contributed by atoms with van der Waals surface area (Å²) in [7, 11) is 0. The molecule has 0 spiro atoms. The molecule has 1 aromatic rings. The Morgan fingerprint density at radius 3 is 2.68 bits per heavy atom. The van der Waals surface area contributed by atoms with E-state index in [-0.39, 0.29) is 0 Å². The Morgan fingerprint density at radius 1 is 1.47 bits per heavy atom. The van der Waals surface area contributed by atoms with Gasteiger partial charge in [-0.15, -0.1) is 11.3 Å². The van der Waals surface area contributed by atoms with E-state index < -0.39 is 17.7 Å². The van der Waals surface area contributed by atoms with Gasteiger partial charge >= 0.3 is 6.09 Å². The summed E-state index contributed by atoms with van der Waals surface area (Å²) in [6.45, 7) is 5.16. The van der Waals surface area contributed by atoms with Gasteiger partial charge in [0, 0.05) is 5.38 Å². The number of aromatic nitrogens is 1. The average Bonchev–Trinajstić information content (AvgIpc) is 2.72. The number of nitrogens with zero attached hydrogens (tertiary/aromatic N) is 1. The summed E-state index contributed by atoms with van der Waals surface area (Å²) >= 11 is 1.15. The van der Waals surface area contributed by atoms with Crippen molar-refractivity contribution >= 4 is 35.3 Å². The minimum atomic E-state index is -0.909. The van der Waals surface area contributed by atoms with Gasteiger partial charge in [0.15, 0.2) is 5.13 Å². The molecule has 1 heterocycles. The van der Waals surface area contributed by atoms with Crippen LogP contribution < -0.4 is 10.6 Å². The summed E-state index contributed by atoms with van der Waals surface area (Å²) in [5, 5.41) is 6.68. The van der Waals surface area contributed by atoms with Gasteiger partial charge in [-0.25, -0.2) is 9.78 Å². The van der Waals surface area contributed by atoms with Crippen molar-refractivity contribution in [2.75, 3.05) is 5.32 Å². The van der Waals surface area contributed by atoms with Crippen LogP contribution in [0.3, 0.4) is 0 Å². The second kappa shape index (κ2) is 6.28. The molecule has 1 rings (SSSR count). The Kier molecular flexibility index (Phi) is 4.99. The molecule has 104 valence electrons. The van der Waals surface area contributed by atoms with Gasteiger partial charge in [-0.3, -0.25) is 4.79 Å². The Bertz CT molecular complexity index is 467. The average molecular weight is 285 g/mol. The minimum Gasteiger partial charge on any atom is -0.444 e. The van der Waals surface area contributed by atoms with E-state index in [0.717, 1.165) is 11.3 Å². The predicted octanol–water partition coefficient (Wildman–Crippen LogP) is 1.48. The molecule has 0 radical (unpaired) electrons. The lowest BCUT2D eigenvalue weighted by Crippen LogP contribution is -2.35. The Hall–Kier alpha value is -1.96. The highest BCUT2D eigenvalue weighted by Crippen LogP contribution is 2.19. The summed E-state index contributed by atoms with van der Waals surface area (Å²) < 4.78 is 5.04. The summed E-state index contributed by atoms with van der Waals surface area (Å²) in [5.74, 6) is 0. The molecule has 7 nitrogen and oxygen atoms in total. The third-order valence-corrected chi connectivity index (χ3v) is 2.62. The topological polar surface area (TPSA) is 97.4 Å². The van der Waals surface area contributed by atoms with Crippen LogP contribution in [0.1, 0.15) is 32.5 Å². The molecular formula is C11H15N3O4S. The number of ether oxygens (including phenoxy) is 1. The summed E-state index contributed by atoms with van der Waals surface area (Å²) in [6, 6.07) is -0.909. The van der Waals surface area contributed by atoms with Crippen molar-refractivity contribution in [2.24, 2.45) is 0 Å². The molecule has 0 aromatic carbocycles. The molecule has 2 N–H and O–H groups in total. The third kappa shape index (κ3) is 5.04. The predicted molar refractivity (Wildman–Crippen MR) is 70.0 cm³/mol. The van der Waals surface area contributed by atoms with Crippen LogP contribution in [0.25, 0.3) is 0 Å². The quantitative estimate of drug-likeness (QED) is 0.798. The number of thiazole rings is 1. The highest BCUT2D eigenvalue weighted by molar-refractivity contribution is 7.13. The minimum absolute atomic E-state index is 0.343. The largest absolute Gasteiger partial charge is 0.444 e. The molecule has 19 heavy (non-hydrogen) atoms. The van der Waals surface area contributed by atoms with Crippen LogP contribution in [0.15, 0.2) is 5.38 Å². The third-order valence-electron chi connectivity index (χ3n) is 1.83. The first-order valence-electron chi connectivity index (χ1n) is 5.46. The fourth-order valence-corrected chi connectivity index (χ4v) is 1.86. The van der Waals surface area contributed by atoms with E-state index in [0.29, 0.717) is 23.5 Å². The van der Waals surface area contributed by atoms with E-state index in [4.69, 9.17) is 4.74 Å². The summed E-state index contributed by atoms with van der Waals surface area (Å²) in [4.78, 5) is 36.8. The zero-order chi connectivity index (χ0) is 14.5. The number of hydrogen-bond acceptors (Lipinski definition) is 6. The van der Waals surface area contributed by atoms with Crippen molar-refractivity contribution in [3.05, 3.63) is 11.1 Å². The van der Waals surface area contributed by atoms with E-state index in [1.54, 1.807) is 26.2 Å². The first-order chi connectivity index (χ1) is 8.85. The second-order valence-corrected chi connectivity index (χ2v) is 5.46. The fraction of sp³-hybridized carbons (Fsp3) is 0.455. The van der Waals surface area contributed by atoms with Gasteiger partial charge in [0.05, 0.1) is 5.69 Å². The SMILES string of the molecule is CC(C)(C)OC(=O)NC(C=O)c1csc(NC=O)n1. The molecule has 0 saturated carbocycles. The molecule has 0 aliphatic rings. The molecule has 8 heteroatoms. The molecule has 1 unspecified atom stereocenters. The second-order valence-electron chi connectivity index (χ2n) is 4.60. The van der Waals surface area contributed by atoms with Gasteiger partial charge in [-0.2, -0.15) is 0 Å². The molecule has 0 saturated heterocycles. The molecular weight excluding hydrogens is 270 g/mol. The van der Waals surface area contributed by atoms with Gasteiger partial charge in [0.2, 0.25) is 6.41 Å². The fourth-order valence-electron chi connectivity index (χ4n) is 1.16. The molecule has 0 bridgehead atoms. The number of rotatable bonds is 5. The van der Waals surface area contributed by atoms with E-state index >= 15 is 0 Å². The number of alkyl carbamates (subject to hydrolysis) is 1. The van der Waals surface area contributed by atoms with Crippen LogP contribution in [-0.4, -0.2) is 29.4 Å². The zero-order valence-corrected chi connectivity index (χ0v) is 11.6. The molecule has 0 aliphatic carbocycles. The number of carbonyl (C=O) groups is 3. The maximum Gasteiger partial charge on any atom is 0.408 e. The highest BCUT2D eigenvalue weighted by Gasteiger charge is 2.21. The van der Waals surface area contributed by atoms with Crippen molar-refractivity contribution < 1.29 is 19.1 Å². The first kappa shape index (κ1) is 15.1. The number of anilines is 1. The Morgan fingerprint density at radius 2 is 2.16 bits per heavy atom. The van der Waals surface area contributed by atoms with Crippen molar-refractivity contribution in [1.82, 2.24) is 10.3 Å². The van der Waals surface area contributed by atoms with Crippen LogP contribution in [0.4, 0.5) is 9.93 Å². The lowest BCUT2D eigenvalue weighted by Gasteiger charge is -2.21. The van der Waals surface area contributed by atoms with Crippen LogP contribution in [0.2, 0.25) is 0 Å². The standard InChI is InChI=1S/C11H15N3O4S/c1-11(2,3)18-10(17)14-7(4-15)8-5-19-9(13-8)12-6-16/h4-7H,1-3H3,(H,14,17)(H,12,13,16). The van der Waals surface area contributed by atoms with E-state index in [1.807, 2.05) is 0 Å². The van der Waals surface area contributed by atoms with Crippen molar-refractivity contribution in [1.29, 1.82) is 0 Å². The summed E-state index contributed by atoms with van der Waals surface area (Å²) in [6.07, 6.45) is 0.325. The number of nitrogens with one attached hydrogen (secondary N) is 2. The van der Waals surface area contributed by atoms with Gasteiger partial charge in [-0.1, -0.05) is 0 Å². The van der Waals surface area contributed by atoms with E-state index in [2.05, 4.69) is 15.6 Å². The van der Waals surface area contributed by atoms with Gasteiger partial charge in [-0.05, 0) is 20.8 Å². The van der Waals surface area contributed by atoms with Gasteiger partial charge in [0.25, 0.3) is 0 Å². The maximum atomic E-state index is 11.5. The molecule has 1 aromatic heterocycles. The van der Waals surface area contributed by atoms with Crippen LogP contribution in [0.5, 0.6) is 0 Å². The lowest BCUT2D eigenvalue weighted by atomic mass is 10.2. The van der Waals surface area contributed by atoms with Gasteiger partial charge in [0.1, 0.15) is 17.9 Å². The van der Waals surface area contributed by atoms with Crippen LogP contribution in [-0.2, 0) is 14.3 Å². The number of aldehydes is 1. The Balaban J connectivity index is 2.69. The van der Waals surface area contributed by atoms with E-state index in [1.165, 1.54) is 0 Å². The number of amides is 2. The summed E-state index contributed by atoms with van der Waals surface area (Å²) in [5.41, 5.74) is -0.306.